The summed E-state index contributed by atoms with van der Waals surface area (Å²) in [4.78, 5) is 14.6. The van der Waals surface area contributed by atoms with Crippen molar-refractivity contribution >= 4 is 21.8 Å². The zero-order valence-corrected chi connectivity index (χ0v) is 11.8. The van der Waals surface area contributed by atoms with Crippen molar-refractivity contribution in [3.8, 4) is 0 Å². The van der Waals surface area contributed by atoms with E-state index in [1.165, 1.54) is 12.8 Å². The van der Waals surface area contributed by atoms with Gasteiger partial charge in [0.2, 0.25) is 0 Å². The molecule has 2 unspecified atom stereocenters. The Kier molecular flexibility index (Phi) is 3.39. The van der Waals surface area contributed by atoms with Gasteiger partial charge in [-0.1, -0.05) is 15.9 Å². The second-order valence-electron chi connectivity index (χ2n) is 5.06. The summed E-state index contributed by atoms with van der Waals surface area (Å²) in [5.74, 6) is 0.181. The molecule has 1 heterocycles. The van der Waals surface area contributed by atoms with Crippen molar-refractivity contribution in [1.82, 2.24) is 10.2 Å². The monoisotopic (exact) mass is 308 g/mol. The van der Waals surface area contributed by atoms with E-state index in [1.807, 2.05) is 24.3 Å². The minimum absolute atomic E-state index is 0.181. The highest BCUT2D eigenvalue weighted by molar-refractivity contribution is 9.10. The molecule has 3 nitrogen and oxygen atoms in total. The molecule has 1 amide bonds. The van der Waals surface area contributed by atoms with Crippen molar-refractivity contribution in [3.63, 3.8) is 0 Å². The van der Waals surface area contributed by atoms with Crippen molar-refractivity contribution in [2.45, 2.75) is 31.3 Å². The molecule has 3 rings (SSSR count). The Morgan fingerprint density at radius 3 is 2.83 bits per heavy atom. The summed E-state index contributed by atoms with van der Waals surface area (Å²) in [5, 5.41) is 3.53. The molecule has 1 saturated heterocycles. The van der Waals surface area contributed by atoms with Gasteiger partial charge in [0.1, 0.15) is 0 Å². The number of benzene rings is 1. The number of fused-ring (bicyclic) bond motifs is 1. The first kappa shape index (κ1) is 12.2. The van der Waals surface area contributed by atoms with Crippen LogP contribution in [0.2, 0.25) is 0 Å². The van der Waals surface area contributed by atoms with E-state index in [2.05, 4.69) is 26.1 Å². The number of hydrogen-bond donors (Lipinski definition) is 1. The first-order valence-corrected chi connectivity index (χ1v) is 7.35. The van der Waals surface area contributed by atoms with E-state index in [0.717, 1.165) is 29.5 Å². The van der Waals surface area contributed by atoms with Crippen LogP contribution >= 0.6 is 15.9 Å². The Labute approximate surface area is 116 Å². The first-order chi connectivity index (χ1) is 8.75. The second kappa shape index (κ2) is 5.02. The maximum Gasteiger partial charge on any atom is 0.254 e. The molecule has 1 aliphatic carbocycles. The molecule has 2 aliphatic rings. The molecule has 4 heteroatoms. The van der Waals surface area contributed by atoms with Gasteiger partial charge in [-0.15, -0.1) is 0 Å². The second-order valence-corrected chi connectivity index (χ2v) is 5.98. The molecule has 18 heavy (non-hydrogen) atoms. The molecule has 1 aliphatic heterocycles. The molecule has 0 aromatic heterocycles. The number of rotatable bonds is 1. The fraction of sp³-hybridized carbons (Fsp3) is 0.500. The number of carbonyl (C=O) groups is 1. The van der Waals surface area contributed by atoms with E-state index < -0.39 is 0 Å². The molecule has 0 radical (unpaired) electrons. The summed E-state index contributed by atoms with van der Waals surface area (Å²) < 4.78 is 1.01. The van der Waals surface area contributed by atoms with Crippen LogP contribution in [0, 0.1) is 0 Å². The number of nitrogens with zero attached hydrogens (tertiary/aromatic N) is 1. The molecular formula is C14H17BrN2O. The normalized spacial score (nSPS) is 27.1. The number of piperazine rings is 1. The van der Waals surface area contributed by atoms with Gasteiger partial charge < -0.3 is 10.2 Å². The molecule has 1 aromatic rings. The number of hydrogen-bond acceptors (Lipinski definition) is 2. The van der Waals surface area contributed by atoms with Crippen LogP contribution in [0.3, 0.4) is 0 Å². The minimum Gasteiger partial charge on any atom is -0.333 e. The van der Waals surface area contributed by atoms with Crippen molar-refractivity contribution in [2.24, 2.45) is 0 Å². The van der Waals surface area contributed by atoms with Crippen LogP contribution in [0.15, 0.2) is 28.7 Å². The third-order valence-electron chi connectivity index (χ3n) is 3.99. The standard InChI is InChI=1S/C14H17BrN2O/c15-11-6-4-10(5-7-11)14(18)17-9-8-16-12-2-1-3-13(12)17/h4-7,12-13,16H,1-3,8-9H2. The molecule has 2 fully saturated rings. The topological polar surface area (TPSA) is 32.3 Å². The Hall–Kier alpha value is -0.870. The van der Waals surface area contributed by atoms with Crippen LogP contribution in [0.5, 0.6) is 0 Å². The maximum absolute atomic E-state index is 12.5. The lowest BCUT2D eigenvalue weighted by molar-refractivity contribution is 0.0599. The largest absolute Gasteiger partial charge is 0.333 e. The quantitative estimate of drug-likeness (QED) is 0.864. The summed E-state index contributed by atoms with van der Waals surface area (Å²) in [6.07, 6.45) is 3.57. The average molecular weight is 309 g/mol. The number of nitrogens with one attached hydrogen (secondary N) is 1. The molecule has 1 saturated carbocycles. The molecule has 0 bridgehead atoms. The predicted molar refractivity (Wildman–Crippen MR) is 74.6 cm³/mol. The smallest absolute Gasteiger partial charge is 0.254 e. The van der Waals surface area contributed by atoms with Gasteiger partial charge in [-0.2, -0.15) is 0 Å². The highest BCUT2D eigenvalue weighted by Gasteiger charge is 2.37. The molecule has 1 aromatic carbocycles. The van der Waals surface area contributed by atoms with E-state index in [9.17, 15) is 4.79 Å². The van der Waals surface area contributed by atoms with Gasteiger partial charge in [-0.05, 0) is 43.5 Å². The summed E-state index contributed by atoms with van der Waals surface area (Å²) in [7, 11) is 0. The lowest BCUT2D eigenvalue weighted by Gasteiger charge is -2.38. The zero-order chi connectivity index (χ0) is 12.5. The Morgan fingerprint density at radius 1 is 1.28 bits per heavy atom. The van der Waals surface area contributed by atoms with E-state index in [-0.39, 0.29) is 5.91 Å². The van der Waals surface area contributed by atoms with Gasteiger partial charge in [0.05, 0.1) is 0 Å². The fourth-order valence-corrected chi connectivity index (χ4v) is 3.36. The third kappa shape index (κ3) is 2.19. The lowest BCUT2D eigenvalue weighted by atomic mass is 10.1. The minimum atomic E-state index is 0.181. The number of carbonyl (C=O) groups excluding carboxylic acids is 1. The van der Waals surface area contributed by atoms with Crippen LogP contribution in [0.1, 0.15) is 29.6 Å². The Bertz CT molecular complexity index is 446. The van der Waals surface area contributed by atoms with Crippen LogP contribution in [-0.4, -0.2) is 36.0 Å². The van der Waals surface area contributed by atoms with Crippen molar-refractivity contribution in [1.29, 1.82) is 0 Å². The highest BCUT2D eigenvalue weighted by Crippen LogP contribution is 2.27. The number of halogens is 1. The molecule has 1 N–H and O–H groups in total. The lowest BCUT2D eigenvalue weighted by Crippen LogP contribution is -2.57. The SMILES string of the molecule is O=C(c1ccc(Br)cc1)N1CCNC2CCCC21. The molecule has 96 valence electrons. The molecule has 0 spiro atoms. The van der Waals surface area contributed by atoms with Gasteiger partial charge in [0.25, 0.3) is 5.91 Å². The van der Waals surface area contributed by atoms with Gasteiger partial charge in [-0.25, -0.2) is 0 Å². The van der Waals surface area contributed by atoms with E-state index in [0.29, 0.717) is 12.1 Å². The van der Waals surface area contributed by atoms with E-state index >= 15 is 0 Å². The van der Waals surface area contributed by atoms with Crippen LogP contribution in [0.4, 0.5) is 0 Å². The third-order valence-corrected chi connectivity index (χ3v) is 4.52. The first-order valence-electron chi connectivity index (χ1n) is 6.55. The average Bonchev–Trinajstić information content (AvgIpc) is 2.87. The number of amides is 1. The molecular weight excluding hydrogens is 292 g/mol. The fourth-order valence-electron chi connectivity index (χ4n) is 3.10. The van der Waals surface area contributed by atoms with Gasteiger partial charge in [0.15, 0.2) is 0 Å². The van der Waals surface area contributed by atoms with Crippen LogP contribution in [-0.2, 0) is 0 Å². The zero-order valence-electron chi connectivity index (χ0n) is 10.2. The maximum atomic E-state index is 12.5. The predicted octanol–water partition coefficient (Wildman–Crippen LogP) is 2.42. The van der Waals surface area contributed by atoms with Crippen LogP contribution < -0.4 is 5.32 Å². The van der Waals surface area contributed by atoms with Gasteiger partial charge in [0, 0.05) is 35.2 Å². The Morgan fingerprint density at radius 2 is 2.06 bits per heavy atom. The van der Waals surface area contributed by atoms with Crippen molar-refractivity contribution < 1.29 is 4.79 Å². The van der Waals surface area contributed by atoms with E-state index in [4.69, 9.17) is 0 Å². The highest BCUT2D eigenvalue weighted by atomic mass is 79.9. The molecule has 2 atom stereocenters. The van der Waals surface area contributed by atoms with Crippen molar-refractivity contribution in [3.05, 3.63) is 34.3 Å². The summed E-state index contributed by atoms with van der Waals surface area (Å²) in [5.41, 5.74) is 0.797. The van der Waals surface area contributed by atoms with Crippen LogP contribution in [0.25, 0.3) is 0 Å². The van der Waals surface area contributed by atoms with Crippen molar-refractivity contribution in [2.75, 3.05) is 13.1 Å². The Balaban J connectivity index is 1.81. The summed E-state index contributed by atoms with van der Waals surface area (Å²) in [6, 6.07) is 8.58. The summed E-state index contributed by atoms with van der Waals surface area (Å²) in [6.45, 7) is 1.75. The van der Waals surface area contributed by atoms with Gasteiger partial charge >= 0.3 is 0 Å². The van der Waals surface area contributed by atoms with E-state index in [1.54, 1.807) is 0 Å². The van der Waals surface area contributed by atoms with Gasteiger partial charge in [-0.3, -0.25) is 4.79 Å². The summed E-state index contributed by atoms with van der Waals surface area (Å²) >= 11 is 3.40.